The van der Waals surface area contributed by atoms with Crippen molar-refractivity contribution in [2.24, 2.45) is 0 Å². The molecule has 0 unspecified atom stereocenters. The Bertz CT molecular complexity index is 2890. The fourth-order valence-electron chi connectivity index (χ4n) is 10.8. The number of hydrogen-bond donors (Lipinski definition) is 8. The number of benzene rings is 1. The summed E-state index contributed by atoms with van der Waals surface area (Å²) < 4.78 is 77.9. The topological polar surface area (TPSA) is 327 Å². The summed E-state index contributed by atoms with van der Waals surface area (Å²) in [5.41, 5.74) is -0.949. The van der Waals surface area contributed by atoms with E-state index in [9.17, 15) is 34.8 Å². The van der Waals surface area contributed by atoms with Crippen molar-refractivity contribution in [2.75, 3.05) is 65.7 Å². The van der Waals surface area contributed by atoms with Crippen molar-refractivity contribution in [3.8, 4) is 35.2 Å². The maximum absolute atomic E-state index is 15.6. The Morgan fingerprint density at radius 3 is 2.22 bits per heavy atom. The van der Waals surface area contributed by atoms with E-state index in [2.05, 4.69) is 51.7 Å². The van der Waals surface area contributed by atoms with Gasteiger partial charge < -0.3 is 92.6 Å². The fourth-order valence-corrected chi connectivity index (χ4v) is 14.1. The number of alkyl carbamates (subject to hydrolysis) is 1. The molecule has 4 saturated heterocycles. The zero-order chi connectivity index (χ0) is 64.9. The fraction of sp³-hybridized carbons (Fsp3) is 0.627. The molecule has 1 aromatic carbocycles. The van der Waals surface area contributed by atoms with Crippen molar-refractivity contribution in [3.63, 3.8) is 0 Å². The van der Waals surface area contributed by atoms with Crippen molar-refractivity contribution < 1.29 is 106 Å². The third-order valence-corrected chi connectivity index (χ3v) is 20.2. The highest BCUT2D eigenvalue weighted by Gasteiger charge is 2.57. The number of methoxy groups -OCH3 is 5. The van der Waals surface area contributed by atoms with Crippen LogP contribution in [-0.2, 0) is 66.5 Å². The summed E-state index contributed by atoms with van der Waals surface area (Å²) in [6.07, 6.45) is -11.7. The molecule has 4 aliphatic heterocycles. The van der Waals surface area contributed by atoms with Gasteiger partial charge in [-0.25, -0.2) is 9.59 Å². The molecule has 8 N–H and O–H groups in total. The van der Waals surface area contributed by atoms with Crippen LogP contribution < -0.4 is 30.9 Å². The van der Waals surface area contributed by atoms with E-state index < -0.39 is 134 Å². The standard InChI is InChI=1S/C59H80N4O22S4/c1-28(2)60-36-27-77-43(25-39(36)73-8)83-52-50(66)47(63-85-45-24-37(64)53(86-12)31(5)79-45)29(3)80-57(52)82-38-18-16-14-15-17-20-59(71)34(19-21-88-89-87-13)46(38)48(62-58(70)76-11)51(67)54(59)84-44-26-42(49(65)30(4)78-44)81-56(69)33-22-40(74-9)41(75-10)23-35(33)61-55(68)32(6)72-7/h14-15,19,22-23,28-31,36-39,42-45,47,49-50,52-54,57,60,63-66,71H,6,21,24-27H2,1-5,7-13H3,(H,61,68)(H,62,70)/t29-,30+,31-,36+,37+,38+,39+,42+,43+,44+,45+,47-,49+,50+,52-,53-,54-,57+,59-/m1/s1. The summed E-state index contributed by atoms with van der Waals surface area (Å²) in [6.45, 7) is 12.6. The van der Waals surface area contributed by atoms with Gasteiger partial charge in [0.2, 0.25) is 5.78 Å². The number of Topliss-reactive ketones (excluding diaryl/α,β-unsaturated/α-hetero) is 1. The Morgan fingerprint density at radius 2 is 1.56 bits per heavy atom. The molecule has 492 valence electrons. The van der Waals surface area contributed by atoms with E-state index in [1.807, 2.05) is 33.3 Å². The number of anilines is 1. The van der Waals surface area contributed by atoms with Gasteiger partial charge in [-0.15, -0.1) is 0 Å². The quantitative estimate of drug-likeness (QED) is 0.0132. The average molecular weight is 1330 g/mol. The Kier molecular flexibility index (Phi) is 26.9. The Balaban J connectivity index is 1.27. The Labute approximate surface area is 533 Å². The number of esters is 1. The zero-order valence-corrected chi connectivity index (χ0v) is 54.6. The maximum Gasteiger partial charge on any atom is 0.411 e. The van der Waals surface area contributed by atoms with Gasteiger partial charge in [0.1, 0.15) is 30.5 Å². The Hall–Kier alpha value is -4.62. The molecule has 2 bridgehead atoms. The number of aliphatic hydroxyl groups excluding tert-OH is 3. The molecule has 26 nitrogen and oxygen atoms in total. The molecule has 2 amide bonds. The number of hydroxylamine groups is 1. The van der Waals surface area contributed by atoms with Gasteiger partial charge in [0.05, 0.1) is 99.8 Å². The number of allylic oxidation sites excluding steroid dienone is 2. The van der Waals surface area contributed by atoms with Gasteiger partial charge in [-0.05, 0) is 55.3 Å². The largest absolute Gasteiger partial charge is 0.493 e. The molecular weight excluding hydrogens is 1240 g/mol. The number of amides is 2. The molecule has 19 atom stereocenters. The first-order valence-electron chi connectivity index (χ1n) is 28.4. The minimum atomic E-state index is -2.66. The van der Waals surface area contributed by atoms with Crippen molar-refractivity contribution in [2.45, 2.75) is 175 Å². The van der Waals surface area contributed by atoms with Crippen LogP contribution in [0.2, 0.25) is 0 Å². The van der Waals surface area contributed by atoms with E-state index >= 15 is 4.79 Å². The zero-order valence-electron chi connectivity index (χ0n) is 51.4. The predicted molar refractivity (Wildman–Crippen MR) is 330 cm³/mol. The van der Waals surface area contributed by atoms with Crippen LogP contribution in [0.5, 0.6) is 11.5 Å². The van der Waals surface area contributed by atoms with Gasteiger partial charge in [0, 0.05) is 61.4 Å². The minimum Gasteiger partial charge on any atom is -0.493 e. The lowest BCUT2D eigenvalue weighted by molar-refractivity contribution is -0.336. The van der Waals surface area contributed by atoms with Crippen LogP contribution in [0.4, 0.5) is 10.5 Å². The number of fused-ring (bicyclic) bond motifs is 2. The van der Waals surface area contributed by atoms with E-state index in [4.69, 9.17) is 66.4 Å². The normalized spacial score (nSPS) is 34.1. The summed E-state index contributed by atoms with van der Waals surface area (Å²) >= 11 is 1.47. The van der Waals surface area contributed by atoms with Crippen LogP contribution in [0.1, 0.15) is 64.2 Å². The van der Waals surface area contributed by atoms with Crippen LogP contribution in [-0.4, -0.2) is 226 Å². The summed E-state index contributed by atoms with van der Waals surface area (Å²) in [4.78, 5) is 62.5. The second-order valence-corrected chi connectivity index (χ2v) is 26.8. The third-order valence-electron chi connectivity index (χ3n) is 15.2. The van der Waals surface area contributed by atoms with Crippen molar-refractivity contribution in [1.29, 1.82) is 0 Å². The van der Waals surface area contributed by atoms with Crippen molar-refractivity contribution >= 4 is 72.6 Å². The van der Waals surface area contributed by atoms with E-state index in [1.54, 1.807) is 20.1 Å². The number of hydrogen-bond acceptors (Lipinski definition) is 28. The molecule has 6 aliphatic rings. The van der Waals surface area contributed by atoms with Crippen LogP contribution in [0.15, 0.2) is 59.5 Å². The van der Waals surface area contributed by atoms with Crippen molar-refractivity contribution in [1.82, 2.24) is 16.1 Å². The SMILES string of the molecule is C=C(OC)C(=O)Nc1cc(OC)c(OC)cc1C(=O)O[C@H]1C[C@H](O[C@@H]2C(=O)C(NC(=O)OC)=C3C(=CCSSSC)[C@]2(O)C#CC=CC#C[C@@H]3O[C@@H]2O[C@H](C)[C@@H](NO[C@H]3C[C@H](O)[C@H](SC)[C@@H](C)O3)[C@H](O)[C@H]2O[C@H]2C[C@H](OC)[C@@H](NC(C)C)CO2)O[C@@H](C)[C@@H]1O. The number of carbonyl (C=O) groups excluding carboxylic acids is 4. The van der Waals surface area contributed by atoms with E-state index in [1.165, 1.54) is 95.7 Å². The second-order valence-electron chi connectivity index (χ2n) is 21.4. The van der Waals surface area contributed by atoms with Gasteiger partial charge in [-0.3, -0.25) is 19.7 Å². The molecular formula is C59H80N4O22S4. The first kappa shape index (κ1) is 71.8. The number of nitrogens with one attached hydrogen (secondary N) is 4. The number of carbonyl (C=O) groups is 4. The van der Waals surface area contributed by atoms with Crippen LogP contribution in [0.3, 0.4) is 0 Å². The third kappa shape index (κ3) is 17.6. The molecule has 4 fully saturated rings. The number of rotatable bonds is 25. The van der Waals surface area contributed by atoms with Crippen LogP contribution in [0, 0.1) is 23.7 Å². The Morgan fingerprint density at radius 1 is 0.854 bits per heavy atom. The molecule has 0 radical (unpaired) electrons. The van der Waals surface area contributed by atoms with Gasteiger partial charge in [0.25, 0.3) is 5.91 Å². The van der Waals surface area contributed by atoms with E-state index in [0.717, 1.165) is 7.11 Å². The molecule has 0 saturated carbocycles. The molecule has 2 aliphatic carbocycles. The minimum absolute atomic E-state index is 0.0843. The highest BCUT2D eigenvalue weighted by Crippen LogP contribution is 2.44. The molecule has 89 heavy (non-hydrogen) atoms. The number of ether oxygens (including phenoxy) is 13. The summed E-state index contributed by atoms with van der Waals surface area (Å²) in [7, 11) is 10.8. The monoisotopic (exact) mass is 1320 g/mol. The first-order valence-corrected chi connectivity index (χ1v) is 33.8. The van der Waals surface area contributed by atoms with E-state index in [0.29, 0.717) is 0 Å². The first-order chi connectivity index (χ1) is 42.5. The summed E-state index contributed by atoms with van der Waals surface area (Å²) in [5.74, 6) is 8.60. The average Bonchev–Trinajstić information content (AvgIpc) is 0.971. The van der Waals surface area contributed by atoms with Gasteiger partial charge in [0.15, 0.2) is 54.1 Å². The van der Waals surface area contributed by atoms with Crippen molar-refractivity contribution in [3.05, 3.63) is 65.1 Å². The smallest absolute Gasteiger partial charge is 0.411 e. The molecule has 4 heterocycles. The van der Waals surface area contributed by atoms with Gasteiger partial charge in [-0.1, -0.05) is 71.8 Å². The molecule has 30 heteroatoms. The van der Waals surface area contributed by atoms with Crippen LogP contribution >= 0.6 is 43.2 Å². The lowest BCUT2D eigenvalue weighted by Gasteiger charge is -2.47. The number of aliphatic hydroxyl groups is 4. The lowest BCUT2D eigenvalue weighted by Crippen LogP contribution is -2.65. The maximum atomic E-state index is 15.6. The predicted octanol–water partition coefficient (Wildman–Crippen LogP) is 3.42. The van der Waals surface area contributed by atoms with E-state index in [-0.39, 0.29) is 88.3 Å². The molecule has 1 aromatic rings. The van der Waals surface area contributed by atoms with Gasteiger partial charge >= 0.3 is 12.1 Å². The van der Waals surface area contributed by atoms with Crippen LogP contribution in [0.25, 0.3) is 0 Å². The molecule has 0 spiro atoms. The van der Waals surface area contributed by atoms with Gasteiger partial charge in [-0.2, -0.15) is 17.2 Å². The number of ketones is 1. The molecule has 0 aromatic heterocycles. The lowest BCUT2D eigenvalue weighted by atomic mass is 9.73. The second kappa shape index (κ2) is 33.3. The summed E-state index contributed by atoms with van der Waals surface area (Å²) in [5, 5.41) is 56.8. The summed E-state index contributed by atoms with van der Waals surface area (Å²) in [6, 6.07) is 1.39. The highest BCUT2D eigenvalue weighted by molar-refractivity contribution is 9.09. The molecule has 7 rings (SSSR count). The number of thioether (sulfide) groups is 1. The highest BCUT2D eigenvalue weighted by atomic mass is 33.5.